The summed E-state index contributed by atoms with van der Waals surface area (Å²) in [5.41, 5.74) is 5.86. The molecule has 88 valence electrons. The Morgan fingerprint density at radius 3 is 2.71 bits per heavy atom. The summed E-state index contributed by atoms with van der Waals surface area (Å²) in [6.07, 6.45) is 0.471. The van der Waals surface area contributed by atoms with E-state index in [1.165, 1.54) is 12.1 Å². The predicted octanol–water partition coefficient (Wildman–Crippen LogP) is 0.917. The van der Waals surface area contributed by atoms with E-state index in [4.69, 9.17) is 5.73 Å². The molecule has 1 aromatic rings. The van der Waals surface area contributed by atoms with Crippen molar-refractivity contribution >= 4 is 28.9 Å². The molecule has 2 rings (SSSR count). The molecule has 3 N–H and O–H groups in total. The number of nitrogens with one attached hydrogen (secondary N) is 1. The lowest BCUT2D eigenvalue weighted by Crippen LogP contribution is -2.40. The van der Waals surface area contributed by atoms with Crippen molar-refractivity contribution in [3.8, 4) is 0 Å². The predicted molar refractivity (Wildman–Crippen MR) is 60.3 cm³/mol. The molecule has 0 aromatic heterocycles. The fourth-order valence-corrected chi connectivity index (χ4v) is 1.45. The third-order valence-electron chi connectivity index (χ3n) is 2.35. The molecule has 2 amide bonds. The number of halogens is 1. The van der Waals surface area contributed by atoms with E-state index in [1.807, 2.05) is 0 Å². The molecule has 17 heavy (non-hydrogen) atoms. The zero-order chi connectivity index (χ0) is 12.4. The Kier molecular flexibility index (Phi) is 2.86. The summed E-state index contributed by atoms with van der Waals surface area (Å²) < 4.78 is 13.1. The molecule has 6 heteroatoms. The molecule has 1 heterocycles. The number of rotatable bonds is 1. The first kappa shape index (κ1) is 11.3. The number of hydrogen-bond donors (Lipinski definition) is 2. The minimum atomic E-state index is -0.584. The zero-order valence-corrected chi connectivity index (χ0v) is 8.87. The Morgan fingerprint density at radius 1 is 1.29 bits per heavy atom. The zero-order valence-electron chi connectivity index (χ0n) is 8.87. The van der Waals surface area contributed by atoms with Gasteiger partial charge in [-0.3, -0.25) is 14.9 Å². The number of nitrogens with zero attached hydrogens (tertiary/aromatic N) is 1. The molecule has 0 bridgehead atoms. The van der Waals surface area contributed by atoms with Crippen molar-refractivity contribution in [2.75, 3.05) is 5.73 Å². The largest absolute Gasteiger partial charge is 0.396 e. The lowest BCUT2D eigenvalue weighted by Gasteiger charge is -2.12. The van der Waals surface area contributed by atoms with Gasteiger partial charge >= 0.3 is 0 Å². The smallest absolute Gasteiger partial charge is 0.272 e. The first-order chi connectivity index (χ1) is 8.06. The molecular weight excluding hydrogens is 225 g/mol. The Morgan fingerprint density at radius 2 is 2.06 bits per heavy atom. The second-order valence-corrected chi connectivity index (χ2v) is 3.64. The van der Waals surface area contributed by atoms with E-state index in [1.54, 1.807) is 0 Å². The van der Waals surface area contributed by atoms with E-state index in [0.29, 0.717) is 5.69 Å². The fourth-order valence-electron chi connectivity index (χ4n) is 1.45. The number of amides is 2. The van der Waals surface area contributed by atoms with E-state index >= 15 is 0 Å². The molecule has 0 spiro atoms. The Labute approximate surface area is 96.5 Å². The molecule has 0 unspecified atom stereocenters. The van der Waals surface area contributed by atoms with Gasteiger partial charge in [-0.05, 0) is 12.1 Å². The number of aliphatic imine (C=N–C) groups is 1. The highest BCUT2D eigenvalue weighted by Crippen LogP contribution is 2.19. The van der Waals surface area contributed by atoms with Crippen molar-refractivity contribution in [2.24, 2.45) is 4.99 Å². The summed E-state index contributed by atoms with van der Waals surface area (Å²) in [7, 11) is 0. The summed E-state index contributed by atoms with van der Waals surface area (Å²) >= 11 is 0. The number of benzene rings is 1. The Bertz CT molecular complexity index is 525. The van der Waals surface area contributed by atoms with E-state index in [0.717, 1.165) is 6.07 Å². The first-order valence-electron chi connectivity index (χ1n) is 5.03. The maximum atomic E-state index is 13.1. The van der Waals surface area contributed by atoms with Crippen LogP contribution in [0.3, 0.4) is 0 Å². The van der Waals surface area contributed by atoms with Gasteiger partial charge in [-0.25, -0.2) is 9.38 Å². The molecule has 0 aliphatic carbocycles. The van der Waals surface area contributed by atoms with E-state index in [2.05, 4.69) is 10.3 Å². The van der Waals surface area contributed by atoms with Gasteiger partial charge in [0.05, 0.1) is 11.4 Å². The third-order valence-corrected chi connectivity index (χ3v) is 2.35. The highest BCUT2D eigenvalue weighted by atomic mass is 19.1. The average molecular weight is 235 g/mol. The van der Waals surface area contributed by atoms with Crippen LogP contribution in [0.5, 0.6) is 0 Å². The number of anilines is 1. The molecule has 1 saturated heterocycles. The minimum Gasteiger partial charge on any atom is -0.396 e. The number of hydrogen-bond acceptors (Lipinski definition) is 4. The van der Waals surface area contributed by atoms with Crippen LogP contribution in [0.25, 0.3) is 0 Å². The Balaban J connectivity index is 2.26. The van der Waals surface area contributed by atoms with Gasteiger partial charge < -0.3 is 5.73 Å². The van der Waals surface area contributed by atoms with E-state index in [9.17, 15) is 14.0 Å². The van der Waals surface area contributed by atoms with Crippen molar-refractivity contribution in [2.45, 2.75) is 12.8 Å². The number of nitrogens with two attached hydrogens (primary N) is 1. The van der Waals surface area contributed by atoms with Crippen molar-refractivity contribution in [1.29, 1.82) is 0 Å². The summed E-state index contributed by atoms with van der Waals surface area (Å²) in [6, 6.07) is 4.03. The molecule has 0 radical (unpaired) electrons. The van der Waals surface area contributed by atoms with Crippen molar-refractivity contribution < 1.29 is 14.0 Å². The van der Waals surface area contributed by atoms with Crippen LogP contribution in [0.4, 0.5) is 15.8 Å². The summed E-state index contributed by atoms with van der Waals surface area (Å²) in [6.45, 7) is 0. The molecule has 1 fully saturated rings. The summed E-state index contributed by atoms with van der Waals surface area (Å²) in [5.74, 6) is -1.44. The van der Waals surface area contributed by atoms with Crippen LogP contribution in [0.15, 0.2) is 23.2 Å². The lowest BCUT2D eigenvalue weighted by molar-refractivity contribution is -0.128. The van der Waals surface area contributed by atoms with E-state index < -0.39 is 11.7 Å². The fraction of sp³-hybridized carbons (Fsp3) is 0.182. The Hall–Kier alpha value is -2.24. The topological polar surface area (TPSA) is 84.5 Å². The maximum Gasteiger partial charge on any atom is 0.272 e. The van der Waals surface area contributed by atoms with Crippen molar-refractivity contribution in [1.82, 2.24) is 5.32 Å². The number of carbonyl (C=O) groups is 2. The standard InChI is InChI=1S/C11H10FN3O2/c12-7-5-6(1-2-8(7)13)14-9-3-4-10(16)15-11(9)17/h1-2,5H,3-4,13H2,(H,15,16,17). The lowest BCUT2D eigenvalue weighted by atomic mass is 10.1. The number of nitrogen functional groups attached to an aromatic ring is 1. The summed E-state index contributed by atoms with van der Waals surface area (Å²) in [4.78, 5) is 26.3. The maximum absolute atomic E-state index is 13.1. The van der Waals surface area contributed by atoms with Crippen molar-refractivity contribution in [3.63, 3.8) is 0 Å². The normalized spacial score (nSPS) is 18.3. The highest BCUT2D eigenvalue weighted by molar-refractivity contribution is 6.43. The van der Waals surface area contributed by atoms with E-state index in [-0.39, 0.29) is 30.1 Å². The van der Waals surface area contributed by atoms with Crippen molar-refractivity contribution in [3.05, 3.63) is 24.0 Å². The van der Waals surface area contributed by atoms with Gasteiger partial charge in [0.25, 0.3) is 5.91 Å². The van der Waals surface area contributed by atoms with Gasteiger partial charge in [-0.15, -0.1) is 0 Å². The average Bonchev–Trinajstić information content (AvgIpc) is 2.27. The minimum absolute atomic E-state index is 0.0252. The highest BCUT2D eigenvalue weighted by Gasteiger charge is 2.21. The monoisotopic (exact) mass is 235 g/mol. The van der Waals surface area contributed by atoms with Gasteiger partial charge in [-0.2, -0.15) is 0 Å². The second-order valence-electron chi connectivity index (χ2n) is 3.64. The molecule has 1 aliphatic heterocycles. The van der Waals surface area contributed by atoms with Crippen LogP contribution in [0, 0.1) is 5.82 Å². The second kappa shape index (κ2) is 4.32. The SMILES string of the molecule is Nc1ccc(N=C2CCC(=O)NC2=O)cc1F. The molecule has 0 saturated carbocycles. The van der Waals surface area contributed by atoms with Gasteiger partial charge in [0.2, 0.25) is 5.91 Å². The van der Waals surface area contributed by atoms with Crippen LogP contribution in [-0.2, 0) is 9.59 Å². The quantitative estimate of drug-likeness (QED) is 0.560. The van der Waals surface area contributed by atoms with Gasteiger partial charge in [0.1, 0.15) is 11.5 Å². The molecule has 0 atom stereocenters. The number of imide groups is 1. The van der Waals surface area contributed by atoms with Crippen LogP contribution >= 0.6 is 0 Å². The van der Waals surface area contributed by atoms with Crippen LogP contribution < -0.4 is 11.1 Å². The van der Waals surface area contributed by atoms with Crippen LogP contribution in [0.2, 0.25) is 0 Å². The summed E-state index contributed by atoms with van der Waals surface area (Å²) in [5, 5.41) is 2.15. The van der Waals surface area contributed by atoms with Gasteiger partial charge in [0, 0.05) is 18.9 Å². The number of carbonyl (C=O) groups excluding carboxylic acids is 2. The first-order valence-corrected chi connectivity index (χ1v) is 5.03. The molecule has 1 aromatic carbocycles. The third kappa shape index (κ3) is 2.47. The van der Waals surface area contributed by atoms with Gasteiger partial charge in [-0.1, -0.05) is 0 Å². The number of piperidine rings is 1. The van der Waals surface area contributed by atoms with Crippen LogP contribution in [-0.4, -0.2) is 17.5 Å². The van der Waals surface area contributed by atoms with Gasteiger partial charge in [0.15, 0.2) is 0 Å². The molecule has 5 nitrogen and oxygen atoms in total. The molecule has 1 aliphatic rings. The van der Waals surface area contributed by atoms with Crippen LogP contribution in [0.1, 0.15) is 12.8 Å². The molecular formula is C11H10FN3O2.